The third-order valence-corrected chi connectivity index (χ3v) is 21.4. The van der Waals surface area contributed by atoms with Crippen molar-refractivity contribution < 1.29 is 80.2 Å². The molecule has 0 amide bonds. The number of unbranched alkanes of at least 4 members (excludes halogenated alkanes) is 47. The second-order valence-electron chi connectivity index (χ2n) is 30.7. The van der Waals surface area contributed by atoms with Crippen LogP contribution in [0.25, 0.3) is 0 Å². The molecule has 3 unspecified atom stereocenters. The van der Waals surface area contributed by atoms with Gasteiger partial charge in [-0.2, -0.15) is 0 Å². The number of phosphoric acid groups is 2. The summed E-state index contributed by atoms with van der Waals surface area (Å²) in [6.07, 6.45) is 61.2. The van der Waals surface area contributed by atoms with Gasteiger partial charge in [-0.25, -0.2) is 9.13 Å². The molecule has 0 aliphatic rings. The molecule has 0 saturated carbocycles. The highest BCUT2D eigenvalue weighted by Crippen LogP contribution is 2.45. The summed E-state index contributed by atoms with van der Waals surface area (Å²) in [5.41, 5.74) is 0. The molecule has 6 atom stereocenters. The van der Waals surface area contributed by atoms with Crippen LogP contribution in [0.2, 0.25) is 0 Å². The average Bonchev–Trinajstić information content (AvgIpc) is 0.923. The molecule has 0 aromatic rings. The molecular formula is C82H160O17P2. The summed E-state index contributed by atoms with van der Waals surface area (Å²) in [5.74, 6) is 0.333. The molecule has 600 valence electrons. The first-order valence-corrected chi connectivity index (χ1v) is 45.4. The number of esters is 4. The van der Waals surface area contributed by atoms with E-state index in [1.165, 1.54) is 225 Å². The van der Waals surface area contributed by atoms with E-state index >= 15 is 0 Å². The fourth-order valence-corrected chi connectivity index (χ4v) is 14.2. The first kappa shape index (κ1) is 99.1. The first-order chi connectivity index (χ1) is 48.8. The maximum absolute atomic E-state index is 13.1. The van der Waals surface area contributed by atoms with Crippen molar-refractivity contribution in [1.82, 2.24) is 0 Å². The maximum Gasteiger partial charge on any atom is 0.472 e. The second-order valence-corrected chi connectivity index (χ2v) is 33.6. The minimum atomic E-state index is -4.96. The van der Waals surface area contributed by atoms with Crippen molar-refractivity contribution in [2.45, 2.75) is 446 Å². The van der Waals surface area contributed by atoms with Gasteiger partial charge in [0, 0.05) is 25.7 Å². The zero-order chi connectivity index (χ0) is 74.4. The highest BCUT2D eigenvalue weighted by atomic mass is 31.2. The first-order valence-electron chi connectivity index (χ1n) is 42.4. The zero-order valence-electron chi connectivity index (χ0n) is 66.4. The monoisotopic (exact) mass is 1480 g/mol. The van der Waals surface area contributed by atoms with Crippen molar-refractivity contribution in [3.8, 4) is 0 Å². The van der Waals surface area contributed by atoms with Gasteiger partial charge in [-0.15, -0.1) is 0 Å². The minimum Gasteiger partial charge on any atom is -0.462 e. The van der Waals surface area contributed by atoms with Crippen molar-refractivity contribution in [3.05, 3.63) is 0 Å². The van der Waals surface area contributed by atoms with E-state index in [4.69, 9.17) is 37.0 Å². The predicted molar refractivity (Wildman–Crippen MR) is 414 cm³/mol. The molecule has 0 aromatic carbocycles. The van der Waals surface area contributed by atoms with Crippen molar-refractivity contribution >= 4 is 39.5 Å². The van der Waals surface area contributed by atoms with E-state index in [9.17, 15) is 43.2 Å². The van der Waals surface area contributed by atoms with E-state index in [1.807, 2.05) is 0 Å². The van der Waals surface area contributed by atoms with E-state index in [1.54, 1.807) is 0 Å². The molecule has 19 heteroatoms. The summed E-state index contributed by atoms with van der Waals surface area (Å²) in [7, 11) is -9.92. The number of phosphoric ester groups is 2. The summed E-state index contributed by atoms with van der Waals surface area (Å²) >= 11 is 0. The molecule has 0 fully saturated rings. The Hall–Kier alpha value is -1.94. The molecule has 0 aliphatic carbocycles. The molecule has 17 nitrogen and oxygen atoms in total. The number of hydrogen-bond acceptors (Lipinski definition) is 15. The van der Waals surface area contributed by atoms with E-state index < -0.39 is 97.5 Å². The molecular weight excluding hydrogens is 1320 g/mol. The molecule has 0 radical (unpaired) electrons. The van der Waals surface area contributed by atoms with Crippen LogP contribution < -0.4 is 0 Å². The lowest BCUT2D eigenvalue weighted by molar-refractivity contribution is -0.161. The number of carbonyl (C=O) groups excluding carboxylic acids is 4. The maximum atomic E-state index is 13.1. The Morgan fingerprint density at radius 1 is 0.287 bits per heavy atom. The smallest absolute Gasteiger partial charge is 0.462 e. The molecule has 3 N–H and O–H groups in total. The van der Waals surface area contributed by atoms with Crippen LogP contribution in [0, 0.1) is 17.8 Å². The van der Waals surface area contributed by atoms with E-state index in [0.717, 1.165) is 120 Å². The number of hydrogen-bond donors (Lipinski definition) is 3. The van der Waals surface area contributed by atoms with Crippen molar-refractivity contribution in [1.29, 1.82) is 0 Å². The summed E-state index contributed by atoms with van der Waals surface area (Å²) in [6.45, 7) is 12.0. The lowest BCUT2D eigenvalue weighted by Crippen LogP contribution is -2.30. The SMILES string of the molecule is CCCCCCCCCC(=O)OC[C@H](COP(=O)(O)OC[C@H](O)COP(=O)(O)OC[C@@H](COC(=O)CCCCCCCCCCCCCCCCC(C)CC)OC(=O)CCCCCCCCCCCCCCCCCCCCC(C)C)OC(=O)CCCCCCCCCCCCCCC(C)C. The molecule has 0 heterocycles. The fraction of sp³-hybridized carbons (Fsp3) is 0.951. The van der Waals surface area contributed by atoms with Gasteiger partial charge in [0.1, 0.15) is 19.3 Å². The Morgan fingerprint density at radius 3 is 0.752 bits per heavy atom. The summed E-state index contributed by atoms with van der Waals surface area (Å²) < 4.78 is 68.6. The summed E-state index contributed by atoms with van der Waals surface area (Å²) in [4.78, 5) is 72.9. The Labute approximate surface area is 619 Å². The summed E-state index contributed by atoms with van der Waals surface area (Å²) in [5, 5.41) is 10.6. The van der Waals surface area contributed by atoms with Crippen molar-refractivity contribution in [3.63, 3.8) is 0 Å². The van der Waals surface area contributed by atoms with E-state index in [0.29, 0.717) is 25.7 Å². The van der Waals surface area contributed by atoms with Crippen LogP contribution in [0.3, 0.4) is 0 Å². The highest BCUT2D eigenvalue weighted by molar-refractivity contribution is 7.47. The normalized spacial score (nSPS) is 14.2. The largest absolute Gasteiger partial charge is 0.472 e. The van der Waals surface area contributed by atoms with Gasteiger partial charge in [-0.05, 0) is 43.4 Å². The Bertz CT molecular complexity index is 1960. The van der Waals surface area contributed by atoms with Crippen LogP contribution in [0.1, 0.15) is 427 Å². The van der Waals surface area contributed by atoms with E-state index in [-0.39, 0.29) is 25.7 Å². The standard InChI is InChI=1S/C82H160O17P2/c1-8-10-11-12-39-49-56-63-79(84)92-69-77(98-81(86)66-59-52-45-38-32-26-25-28-34-41-47-54-61-74(5)6)71-96-100(88,89)94-67-76(83)68-95-101(90,91)97-72-78(70-93-80(85)64-57-50-43-36-30-23-20-19-22-29-35-42-48-55-62-75(7)9-2)99-82(87)65-58-51-44-37-31-24-18-16-14-13-15-17-21-27-33-40-46-53-60-73(3)4/h73-78,83H,8-72H2,1-7H3,(H,88,89)(H,90,91)/t75?,76-,77+,78+/m0/s1. The van der Waals surface area contributed by atoms with Crippen molar-refractivity contribution in [2.24, 2.45) is 17.8 Å². The lowest BCUT2D eigenvalue weighted by atomic mass is 9.99. The van der Waals surface area contributed by atoms with Gasteiger partial charge in [0.2, 0.25) is 0 Å². The number of carbonyl (C=O) groups is 4. The molecule has 0 bridgehead atoms. The molecule has 0 rings (SSSR count). The van der Waals surface area contributed by atoms with Gasteiger partial charge in [0.05, 0.1) is 26.4 Å². The fourth-order valence-electron chi connectivity index (χ4n) is 12.6. The second kappa shape index (κ2) is 72.3. The van der Waals surface area contributed by atoms with Crippen LogP contribution >= 0.6 is 15.6 Å². The third-order valence-electron chi connectivity index (χ3n) is 19.5. The third kappa shape index (κ3) is 74.7. The van der Waals surface area contributed by atoms with Crippen LogP contribution in [0.4, 0.5) is 0 Å². The number of ether oxygens (including phenoxy) is 4. The average molecular weight is 1480 g/mol. The summed E-state index contributed by atoms with van der Waals surface area (Å²) in [6, 6.07) is 0. The minimum absolute atomic E-state index is 0.106. The van der Waals surface area contributed by atoms with E-state index in [2.05, 4.69) is 48.5 Å². The quantitative estimate of drug-likeness (QED) is 0.0222. The van der Waals surface area contributed by atoms with Gasteiger partial charge in [0.15, 0.2) is 12.2 Å². The van der Waals surface area contributed by atoms with Crippen LogP contribution in [0.15, 0.2) is 0 Å². The van der Waals surface area contributed by atoms with Crippen LogP contribution in [-0.2, 0) is 65.4 Å². The Balaban J connectivity index is 5.18. The molecule has 101 heavy (non-hydrogen) atoms. The zero-order valence-corrected chi connectivity index (χ0v) is 68.2. The Morgan fingerprint density at radius 2 is 0.505 bits per heavy atom. The van der Waals surface area contributed by atoms with Crippen LogP contribution in [0.5, 0.6) is 0 Å². The van der Waals surface area contributed by atoms with Gasteiger partial charge in [0.25, 0.3) is 0 Å². The number of rotatable bonds is 80. The van der Waals surface area contributed by atoms with Gasteiger partial charge in [-0.3, -0.25) is 37.3 Å². The van der Waals surface area contributed by atoms with Crippen molar-refractivity contribution in [2.75, 3.05) is 39.6 Å². The molecule has 0 spiro atoms. The topological polar surface area (TPSA) is 237 Å². The highest BCUT2D eigenvalue weighted by Gasteiger charge is 2.30. The van der Waals surface area contributed by atoms with Gasteiger partial charge in [-0.1, -0.05) is 376 Å². The molecule has 0 saturated heterocycles. The lowest BCUT2D eigenvalue weighted by Gasteiger charge is -2.21. The molecule has 0 aromatic heterocycles. The van der Waals surface area contributed by atoms with Gasteiger partial charge >= 0.3 is 39.5 Å². The van der Waals surface area contributed by atoms with Crippen LogP contribution in [-0.4, -0.2) is 96.7 Å². The number of aliphatic hydroxyl groups excluding tert-OH is 1. The van der Waals surface area contributed by atoms with Gasteiger partial charge < -0.3 is 33.8 Å². The Kier molecular flexibility index (Phi) is 70.9. The molecule has 0 aliphatic heterocycles. The predicted octanol–water partition coefficient (Wildman–Crippen LogP) is 24.5. The number of aliphatic hydroxyl groups is 1.